The largest absolute Gasteiger partial charge is 0.300 e. The minimum atomic E-state index is -0.582. The number of amides is 1. The van der Waals surface area contributed by atoms with Crippen molar-refractivity contribution in [2.24, 2.45) is 5.92 Å². The summed E-state index contributed by atoms with van der Waals surface area (Å²) < 4.78 is 1.50. The molecular formula is C20H22N4O2S. The van der Waals surface area contributed by atoms with Gasteiger partial charge in [-0.05, 0) is 24.5 Å². The number of benzene rings is 1. The fourth-order valence-electron chi connectivity index (χ4n) is 3.86. The zero-order valence-corrected chi connectivity index (χ0v) is 15.8. The number of carbonyl (C=O) groups excluding carboxylic acids is 1. The highest BCUT2D eigenvalue weighted by Gasteiger charge is 2.27. The SMILES string of the molecule is O=C(Nc1nccs1)C(CC1CCCCC1)n1cnc2ccccc2c1=O. The van der Waals surface area contributed by atoms with E-state index in [1.807, 2.05) is 23.6 Å². The summed E-state index contributed by atoms with van der Waals surface area (Å²) in [6.45, 7) is 0. The molecule has 27 heavy (non-hydrogen) atoms. The molecular weight excluding hydrogens is 360 g/mol. The van der Waals surface area contributed by atoms with Gasteiger partial charge in [0.15, 0.2) is 5.13 Å². The molecule has 2 heterocycles. The summed E-state index contributed by atoms with van der Waals surface area (Å²) in [6, 6.07) is 6.67. The maximum absolute atomic E-state index is 13.0. The van der Waals surface area contributed by atoms with Crippen molar-refractivity contribution < 1.29 is 4.79 Å². The lowest BCUT2D eigenvalue weighted by atomic mass is 9.84. The number of aromatic nitrogens is 3. The molecule has 1 fully saturated rings. The van der Waals surface area contributed by atoms with Crippen LogP contribution >= 0.6 is 11.3 Å². The van der Waals surface area contributed by atoms with Crippen molar-refractivity contribution in [3.05, 3.63) is 52.5 Å². The summed E-state index contributed by atoms with van der Waals surface area (Å²) in [7, 11) is 0. The standard InChI is InChI=1S/C20H22N4O2S/c25-18(23-20-21-10-11-27-20)17(12-14-6-2-1-3-7-14)24-13-22-16-9-5-4-8-15(16)19(24)26/h4-5,8-11,13-14,17H,1-3,6-7,12H2,(H,21,23,25). The average molecular weight is 382 g/mol. The molecule has 4 rings (SSSR count). The van der Waals surface area contributed by atoms with Crippen LogP contribution in [-0.4, -0.2) is 20.4 Å². The van der Waals surface area contributed by atoms with E-state index in [1.165, 1.54) is 41.5 Å². The summed E-state index contributed by atoms with van der Waals surface area (Å²) in [5, 5.41) is 5.77. The third-order valence-corrected chi connectivity index (χ3v) is 5.96. The van der Waals surface area contributed by atoms with Gasteiger partial charge in [-0.2, -0.15) is 0 Å². The first kappa shape index (κ1) is 17.9. The van der Waals surface area contributed by atoms with Gasteiger partial charge in [0.2, 0.25) is 5.91 Å². The first-order valence-corrected chi connectivity index (χ1v) is 10.3. The van der Waals surface area contributed by atoms with Crippen LogP contribution in [0, 0.1) is 5.92 Å². The number of rotatable bonds is 5. The van der Waals surface area contributed by atoms with Crippen molar-refractivity contribution in [2.45, 2.75) is 44.6 Å². The molecule has 0 aliphatic heterocycles. The van der Waals surface area contributed by atoms with E-state index in [1.54, 1.807) is 12.3 Å². The van der Waals surface area contributed by atoms with Gasteiger partial charge in [-0.1, -0.05) is 44.2 Å². The maximum Gasteiger partial charge on any atom is 0.261 e. The second-order valence-corrected chi connectivity index (χ2v) is 7.95. The predicted molar refractivity (Wildman–Crippen MR) is 107 cm³/mol. The molecule has 0 spiro atoms. The number of nitrogens with one attached hydrogen (secondary N) is 1. The van der Waals surface area contributed by atoms with Gasteiger partial charge in [0.05, 0.1) is 17.2 Å². The minimum absolute atomic E-state index is 0.171. The molecule has 6 nitrogen and oxygen atoms in total. The van der Waals surface area contributed by atoms with Crippen molar-refractivity contribution >= 4 is 33.3 Å². The van der Waals surface area contributed by atoms with Crippen LogP contribution in [0.1, 0.15) is 44.6 Å². The fraction of sp³-hybridized carbons (Fsp3) is 0.400. The van der Waals surface area contributed by atoms with Crippen LogP contribution in [0.2, 0.25) is 0 Å². The second-order valence-electron chi connectivity index (χ2n) is 7.06. The van der Waals surface area contributed by atoms with E-state index in [0.29, 0.717) is 28.4 Å². The van der Waals surface area contributed by atoms with Gasteiger partial charge in [-0.3, -0.25) is 14.2 Å². The number of para-hydroxylation sites is 1. The number of nitrogens with zero attached hydrogens (tertiary/aromatic N) is 3. The molecule has 1 aliphatic rings. The highest BCUT2D eigenvalue weighted by Crippen LogP contribution is 2.31. The van der Waals surface area contributed by atoms with Gasteiger partial charge in [0.25, 0.3) is 5.56 Å². The zero-order valence-electron chi connectivity index (χ0n) is 15.0. The second kappa shape index (κ2) is 8.00. The maximum atomic E-state index is 13.0. The Morgan fingerprint density at radius 2 is 2.04 bits per heavy atom. The Kier molecular flexibility index (Phi) is 5.29. The molecule has 3 aromatic rings. The van der Waals surface area contributed by atoms with E-state index < -0.39 is 6.04 Å². The van der Waals surface area contributed by atoms with Gasteiger partial charge < -0.3 is 5.32 Å². The topological polar surface area (TPSA) is 76.9 Å². The molecule has 140 valence electrons. The summed E-state index contributed by atoms with van der Waals surface area (Å²) in [5.74, 6) is 0.249. The third kappa shape index (κ3) is 3.93. The highest BCUT2D eigenvalue weighted by atomic mass is 32.1. The van der Waals surface area contributed by atoms with Crippen molar-refractivity contribution in [3.63, 3.8) is 0 Å². The van der Waals surface area contributed by atoms with Gasteiger partial charge >= 0.3 is 0 Å². The quantitative estimate of drug-likeness (QED) is 0.723. The van der Waals surface area contributed by atoms with Gasteiger partial charge in [0, 0.05) is 11.6 Å². The fourth-order valence-corrected chi connectivity index (χ4v) is 4.40. The van der Waals surface area contributed by atoms with E-state index >= 15 is 0 Å². The summed E-state index contributed by atoms with van der Waals surface area (Å²) in [4.78, 5) is 34.6. The number of fused-ring (bicyclic) bond motifs is 1. The number of carbonyl (C=O) groups is 1. The van der Waals surface area contributed by atoms with Crippen LogP contribution in [0.25, 0.3) is 10.9 Å². The molecule has 7 heteroatoms. The van der Waals surface area contributed by atoms with E-state index in [4.69, 9.17) is 0 Å². The molecule has 1 N–H and O–H groups in total. The van der Waals surface area contributed by atoms with Crippen molar-refractivity contribution in [1.29, 1.82) is 0 Å². The Morgan fingerprint density at radius 3 is 2.81 bits per heavy atom. The molecule has 1 amide bonds. The average Bonchev–Trinajstić information content (AvgIpc) is 3.21. The van der Waals surface area contributed by atoms with Gasteiger partial charge in [0.1, 0.15) is 6.04 Å². The lowest BCUT2D eigenvalue weighted by molar-refractivity contribution is -0.120. The Hall–Kier alpha value is -2.54. The number of hydrogen-bond acceptors (Lipinski definition) is 5. The molecule has 1 saturated carbocycles. The minimum Gasteiger partial charge on any atom is -0.300 e. The van der Waals surface area contributed by atoms with Crippen LogP contribution in [0.15, 0.2) is 47.0 Å². The molecule has 0 saturated heterocycles. The summed E-state index contributed by atoms with van der Waals surface area (Å²) in [6.07, 6.45) is 9.67. The van der Waals surface area contributed by atoms with E-state index in [9.17, 15) is 9.59 Å². The molecule has 2 aromatic heterocycles. The van der Waals surface area contributed by atoms with Crippen LogP contribution in [-0.2, 0) is 4.79 Å². The molecule has 1 aliphatic carbocycles. The van der Waals surface area contributed by atoms with E-state index in [-0.39, 0.29) is 11.5 Å². The lowest BCUT2D eigenvalue weighted by Gasteiger charge is -2.27. The number of thiazole rings is 1. The molecule has 1 atom stereocenters. The van der Waals surface area contributed by atoms with Gasteiger partial charge in [-0.25, -0.2) is 9.97 Å². The zero-order chi connectivity index (χ0) is 18.6. The van der Waals surface area contributed by atoms with Crippen LogP contribution in [0.3, 0.4) is 0 Å². The summed E-state index contributed by atoms with van der Waals surface area (Å²) in [5.41, 5.74) is 0.478. The first-order valence-electron chi connectivity index (χ1n) is 9.38. The Balaban J connectivity index is 1.69. The Labute approximate surface area is 161 Å². The number of anilines is 1. The van der Waals surface area contributed by atoms with Crippen molar-refractivity contribution in [2.75, 3.05) is 5.32 Å². The smallest absolute Gasteiger partial charge is 0.261 e. The lowest BCUT2D eigenvalue weighted by Crippen LogP contribution is -2.35. The Bertz CT molecular complexity index is 977. The molecule has 1 aromatic carbocycles. The normalized spacial score (nSPS) is 16.3. The first-order chi connectivity index (χ1) is 13.2. The van der Waals surface area contributed by atoms with Gasteiger partial charge in [-0.15, -0.1) is 11.3 Å². The van der Waals surface area contributed by atoms with Crippen molar-refractivity contribution in [1.82, 2.24) is 14.5 Å². The van der Waals surface area contributed by atoms with Crippen LogP contribution in [0.4, 0.5) is 5.13 Å². The van der Waals surface area contributed by atoms with E-state index in [2.05, 4.69) is 15.3 Å². The highest BCUT2D eigenvalue weighted by molar-refractivity contribution is 7.13. The van der Waals surface area contributed by atoms with Crippen LogP contribution < -0.4 is 10.9 Å². The monoisotopic (exact) mass is 382 g/mol. The summed E-state index contributed by atoms with van der Waals surface area (Å²) >= 11 is 1.37. The Morgan fingerprint density at radius 1 is 1.22 bits per heavy atom. The van der Waals surface area contributed by atoms with Crippen LogP contribution in [0.5, 0.6) is 0 Å². The number of hydrogen-bond donors (Lipinski definition) is 1. The molecule has 1 unspecified atom stereocenters. The van der Waals surface area contributed by atoms with E-state index in [0.717, 1.165) is 12.8 Å². The predicted octanol–water partition coefficient (Wildman–Crippen LogP) is 4.00. The van der Waals surface area contributed by atoms with Crippen molar-refractivity contribution in [3.8, 4) is 0 Å². The molecule has 0 bridgehead atoms. The third-order valence-electron chi connectivity index (χ3n) is 5.27. The molecule has 0 radical (unpaired) electrons.